The second kappa shape index (κ2) is 9.36. The summed E-state index contributed by atoms with van der Waals surface area (Å²) in [6.45, 7) is 3.14. The summed E-state index contributed by atoms with van der Waals surface area (Å²) in [6.07, 6.45) is 2.63. The second-order valence-electron chi connectivity index (χ2n) is 7.65. The third-order valence-electron chi connectivity index (χ3n) is 5.90. The van der Waals surface area contributed by atoms with Gasteiger partial charge >= 0.3 is 0 Å². The van der Waals surface area contributed by atoms with Gasteiger partial charge < -0.3 is 19.1 Å². The summed E-state index contributed by atoms with van der Waals surface area (Å²) in [4.78, 5) is 27.8. The summed E-state index contributed by atoms with van der Waals surface area (Å²) < 4.78 is 17.9. The number of methoxy groups -OCH3 is 3. The fourth-order valence-electron chi connectivity index (χ4n) is 4.16. The molecule has 0 saturated carbocycles. The van der Waals surface area contributed by atoms with Crippen LogP contribution in [0.1, 0.15) is 29.4 Å². The van der Waals surface area contributed by atoms with Crippen LogP contribution in [0.3, 0.4) is 0 Å². The minimum absolute atomic E-state index is 0.191. The number of benzene rings is 2. The smallest absolute Gasteiger partial charge is 0.275 e. The molecule has 0 saturated heterocycles. The number of hydrogen-bond acceptors (Lipinski definition) is 6. The highest BCUT2D eigenvalue weighted by molar-refractivity contribution is 6.05. The highest BCUT2D eigenvalue weighted by Crippen LogP contribution is 2.41. The Kier molecular flexibility index (Phi) is 6.35. The van der Waals surface area contributed by atoms with E-state index in [1.165, 1.54) is 4.68 Å². The Hall–Kier alpha value is -3.81. The van der Waals surface area contributed by atoms with Crippen molar-refractivity contribution in [3.8, 4) is 17.2 Å². The van der Waals surface area contributed by atoms with E-state index in [0.29, 0.717) is 59.8 Å². The van der Waals surface area contributed by atoms with Gasteiger partial charge in [-0.2, -0.15) is 5.10 Å². The summed E-state index contributed by atoms with van der Waals surface area (Å²) in [5, 5.41) is 5.46. The summed E-state index contributed by atoms with van der Waals surface area (Å²) in [6, 6.07) is 10.8. The van der Waals surface area contributed by atoms with Crippen molar-refractivity contribution in [3.05, 3.63) is 64.1 Å². The molecule has 2 aromatic carbocycles. The van der Waals surface area contributed by atoms with E-state index in [1.807, 2.05) is 31.2 Å². The number of aryl methyl sites for hydroxylation is 1. The van der Waals surface area contributed by atoms with Crippen LogP contribution in [-0.2, 0) is 6.54 Å². The number of rotatable bonds is 6. The average molecular weight is 450 g/mol. The molecule has 33 heavy (non-hydrogen) atoms. The number of carbonyl (C=O) groups excluding carboxylic acids is 1. The third-order valence-corrected chi connectivity index (χ3v) is 5.90. The van der Waals surface area contributed by atoms with E-state index in [0.717, 1.165) is 11.1 Å². The predicted octanol–water partition coefficient (Wildman–Crippen LogP) is 3.37. The SMILES string of the molecule is CCn1nc(C(=O)N2CC=C(c3c(OC)cc(OC)cc3OC)CC2)c2ccccc2c1=O. The minimum Gasteiger partial charge on any atom is -0.496 e. The van der Waals surface area contributed by atoms with Gasteiger partial charge in [-0.1, -0.05) is 24.3 Å². The Balaban J connectivity index is 1.68. The van der Waals surface area contributed by atoms with E-state index in [9.17, 15) is 9.59 Å². The number of nitrogens with zero attached hydrogens (tertiary/aromatic N) is 3. The number of carbonyl (C=O) groups is 1. The maximum atomic E-state index is 13.4. The lowest BCUT2D eigenvalue weighted by molar-refractivity contribution is 0.0766. The molecule has 3 aromatic rings. The molecule has 8 heteroatoms. The summed E-state index contributed by atoms with van der Waals surface area (Å²) >= 11 is 0. The van der Waals surface area contributed by atoms with Crippen molar-refractivity contribution in [3.63, 3.8) is 0 Å². The van der Waals surface area contributed by atoms with Gasteiger partial charge in [0.25, 0.3) is 11.5 Å². The van der Waals surface area contributed by atoms with E-state index in [2.05, 4.69) is 5.10 Å². The maximum Gasteiger partial charge on any atom is 0.275 e. The predicted molar refractivity (Wildman–Crippen MR) is 126 cm³/mol. The summed E-state index contributed by atoms with van der Waals surface area (Å²) in [7, 11) is 4.81. The number of amides is 1. The van der Waals surface area contributed by atoms with Gasteiger partial charge in [-0.25, -0.2) is 4.68 Å². The molecule has 1 amide bonds. The van der Waals surface area contributed by atoms with Crippen LogP contribution in [0.25, 0.3) is 16.3 Å². The average Bonchev–Trinajstić information content (AvgIpc) is 2.88. The number of fused-ring (bicyclic) bond motifs is 1. The molecule has 1 aliphatic heterocycles. The van der Waals surface area contributed by atoms with E-state index >= 15 is 0 Å². The Bertz CT molecular complexity index is 1270. The molecule has 0 aliphatic carbocycles. The Morgan fingerprint density at radius 3 is 2.24 bits per heavy atom. The van der Waals surface area contributed by atoms with Crippen LogP contribution in [0.15, 0.2) is 47.3 Å². The second-order valence-corrected chi connectivity index (χ2v) is 7.65. The zero-order chi connectivity index (χ0) is 23.5. The number of ether oxygens (including phenoxy) is 3. The molecule has 0 N–H and O–H groups in total. The Labute approximate surface area is 192 Å². The fourth-order valence-corrected chi connectivity index (χ4v) is 4.16. The zero-order valence-corrected chi connectivity index (χ0v) is 19.3. The first-order valence-electron chi connectivity index (χ1n) is 10.8. The van der Waals surface area contributed by atoms with Crippen LogP contribution in [0.5, 0.6) is 17.2 Å². The molecular formula is C25H27N3O5. The van der Waals surface area contributed by atoms with Crippen molar-refractivity contribution < 1.29 is 19.0 Å². The summed E-state index contributed by atoms with van der Waals surface area (Å²) in [5.74, 6) is 1.75. The zero-order valence-electron chi connectivity index (χ0n) is 19.3. The molecule has 2 heterocycles. The lowest BCUT2D eigenvalue weighted by Gasteiger charge is -2.28. The van der Waals surface area contributed by atoms with Crippen molar-refractivity contribution in [2.45, 2.75) is 19.9 Å². The molecule has 172 valence electrons. The molecule has 1 aliphatic rings. The van der Waals surface area contributed by atoms with E-state index in [-0.39, 0.29) is 11.5 Å². The lowest BCUT2D eigenvalue weighted by atomic mass is 9.97. The van der Waals surface area contributed by atoms with Crippen molar-refractivity contribution in [2.75, 3.05) is 34.4 Å². The van der Waals surface area contributed by atoms with Crippen LogP contribution >= 0.6 is 0 Å². The molecule has 8 nitrogen and oxygen atoms in total. The molecule has 0 radical (unpaired) electrons. The van der Waals surface area contributed by atoms with Gasteiger partial charge in [-0.15, -0.1) is 0 Å². The molecule has 0 atom stereocenters. The molecule has 0 fully saturated rings. The molecule has 0 bridgehead atoms. The van der Waals surface area contributed by atoms with Gasteiger partial charge in [0.2, 0.25) is 0 Å². The molecule has 1 aromatic heterocycles. The van der Waals surface area contributed by atoms with Crippen molar-refractivity contribution in [1.82, 2.24) is 14.7 Å². The van der Waals surface area contributed by atoms with Gasteiger partial charge in [0.1, 0.15) is 17.2 Å². The maximum absolute atomic E-state index is 13.4. The first-order chi connectivity index (χ1) is 16.0. The van der Waals surface area contributed by atoms with Crippen LogP contribution in [-0.4, -0.2) is 55.0 Å². The summed E-state index contributed by atoms with van der Waals surface area (Å²) in [5.41, 5.74) is 2.00. The fraction of sp³-hybridized carbons (Fsp3) is 0.320. The highest BCUT2D eigenvalue weighted by Gasteiger charge is 2.26. The largest absolute Gasteiger partial charge is 0.496 e. The minimum atomic E-state index is -0.197. The van der Waals surface area contributed by atoms with Crippen LogP contribution < -0.4 is 19.8 Å². The lowest BCUT2D eigenvalue weighted by Crippen LogP contribution is -2.37. The van der Waals surface area contributed by atoms with E-state index in [4.69, 9.17) is 14.2 Å². The Morgan fingerprint density at radius 1 is 1.03 bits per heavy atom. The van der Waals surface area contributed by atoms with Crippen molar-refractivity contribution >= 4 is 22.3 Å². The number of hydrogen-bond donors (Lipinski definition) is 0. The monoisotopic (exact) mass is 449 g/mol. The van der Waals surface area contributed by atoms with Gasteiger partial charge in [-0.3, -0.25) is 9.59 Å². The van der Waals surface area contributed by atoms with Crippen LogP contribution in [0, 0.1) is 0 Å². The topological polar surface area (TPSA) is 82.9 Å². The molecule has 0 spiro atoms. The molecule has 4 rings (SSSR count). The standard InChI is InChI=1S/C25H27N3O5/c1-5-28-24(29)19-9-7-6-8-18(19)23(26-28)25(30)27-12-10-16(11-13-27)22-20(32-3)14-17(31-2)15-21(22)33-4/h6-10,14-15H,5,11-13H2,1-4H3. The van der Waals surface area contributed by atoms with Crippen molar-refractivity contribution in [1.29, 1.82) is 0 Å². The first-order valence-corrected chi connectivity index (χ1v) is 10.8. The van der Waals surface area contributed by atoms with E-state index < -0.39 is 0 Å². The van der Waals surface area contributed by atoms with Gasteiger partial charge in [0.15, 0.2) is 5.69 Å². The Morgan fingerprint density at radius 2 is 1.70 bits per heavy atom. The normalized spacial score (nSPS) is 13.6. The molecule has 0 unspecified atom stereocenters. The highest BCUT2D eigenvalue weighted by atomic mass is 16.5. The third kappa shape index (κ3) is 4.04. The quantitative estimate of drug-likeness (QED) is 0.574. The first kappa shape index (κ1) is 22.4. The van der Waals surface area contributed by atoms with Gasteiger partial charge in [0.05, 0.1) is 32.3 Å². The van der Waals surface area contributed by atoms with Crippen molar-refractivity contribution in [2.24, 2.45) is 0 Å². The van der Waals surface area contributed by atoms with Crippen LogP contribution in [0.2, 0.25) is 0 Å². The number of aromatic nitrogens is 2. The van der Waals surface area contributed by atoms with Gasteiger partial charge in [-0.05, 0) is 25.0 Å². The molecular weight excluding hydrogens is 422 g/mol. The van der Waals surface area contributed by atoms with Crippen LogP contribution in [0.4, 0.5) is 0 Å². The van der Waals surface area contributed by atoms with E-state index in [1.54, 1.807) is 44.4 Å². The van der Waals surface area contributed by atoms with Gasteiger partial charge in [0, 0.05) is 37.2 Å².